The Morgan fingerprint density at radius 1 is 1.50 bits per heavy atom. The number of hydrogen-bond acceptors (Lipinski definition) is 2. The molecule has 0 N–H and O–H groups in total. The van der Waals surface area contributed by atoms with Gasteiger partial charge in [-0.2, -0.15) is 0 Å². The van der Waals surface area contributed by atoms with Crippen LogP contribution in [0, 0.1) is 5.92 Å². The molecule has 0 aromatic carbocycles. The van der Waals surface area contributed by atoms with E-state index in [2.05, 4.69) is 48.7 Å². The number of hydrogen-bond donors (Lipinski definition) is 0. The number of halogens is 2. The van der Waals surface area contributed by atoms with Crippen molar-refractivity contribution in [3.8, 4) is 0 Å². The van der Waals surface area contributed by atoms with Gasteiger partial charge in [0.1, 0.15) is 5.82 Å². The molecule has 2 atom stereocenters. The highest BCUT2D eigenvalue weighted by atomic mass is 79.9. The van der Waals surface area contributed by atoms with E-state index >= 15 is 0 Å². The molecule has 1 aromatic heterocycles. The maximum atomic E-state index is 4.39. The number of pyridine rings is 1. The lowest BCUT2D eigenvalue weighted by Crippen LogP contribution is -2.21. The molecule has 0 saturated carbocycles. The summed E-state index contributed by atoms with van der Waals surface area (Å²) in [7, 11) is 0. The molecule has 0 radical (unpaired) electrons. The minimum Gasteiger partial charge on any atom is -0.354 e. The van der Waals surface area contributed by atoms with Gasteiger partial charge in [0, 0.05) is 24.1 Å². The van der Waals surface area contributed by atoms with Crippen LogP contribution in [0.1, 0.15) is 6.92 Å². The van der Waals surface area contributed by atoms with Gasteiger partial charge in [-0.1, -0.05) is 22.9 Å². The monoisotopic (exact) mass is 318 g/mol. The molecule has 1 aromatic rings. The van der Waals surface area contributed by atoms with Crippen LogP contribution >= 0.6 is 31.9 Å². The molecule has 2 rings (SSSR count). The van der Waals surface area contributed by atoms with E-state index in [1.807, 2.05) is 18.3 Å². The molecule has 0 bridgehead atoms. The van der Waals surface area contributed by atoms with E-state index in [-0.39, 0.29) is 0 Å². The van der Waals surface area contributed by atoms with Gasteiger partial charge in [-0.3, -0.25) is 0 Å². The Kier molecular flexibility index (Phi) is 3.12. The molecule has 1 aliphatic heterocycles. The van der Waals surface area contributed by atoms with Gasteiger partial charge >= 0.3 is 0 Å². The highest BCUT2D eigenvalue weighted by Gasteiger charge is 2.28. The van der Waals surface area contributed by atoms with Crippen LogP contribution in [0.3, 0.4) is 0 Å². The second-order valence-electron chi connectivity index (χ2n) is 3.71. The third kappa shape index (κ3) is 1.96. The highest BCUT2D eigenvalue weighted by Crippen LogP contribution is 2.30. The maximum Gasteiger partial charge on any atom is 0.142 e. The van der Waals surface area contributed by atoms with Crippen LogP contribution in [0.5, 0.6) is 0 Å². The Hall–Kier alpha value is -0.0900. The Morgan fingerprint density at radius 2 is 2.29 bits per heavy atom. The number of rotatable bonds is 1. The van der Waals surface area contributed by atoms with Crippen LogP contribution in [0.4, 0.5) is 5.82 Å². The van der Waals surface area contributed by atoms with Gasteiger partial charge in [-0.05, 0) is 34.0 Å². The molecule has 0 aliphatic carbocycles. The summed E-state index contributed by atoms with van der Waals surface area (Å²) < 4.78 is 1.08. The van der Waals surface area contributed by atoms with Crippen molar-refractivity contribution in [2.45, 2.75) is 11.8 Å². The predicted octanol–water partition coefficient (Wildman–Crippen LogP) is 3.06. The standard InChI is InChI=1S/C10H12Br2N2/c1-7-5-14(6-9(7)12)10-8(11)3-2-4-13-10/h2-4,7,9H,5-6H2,1H3. The van der Waals surface area contributed by atoms with Crippen LogP contribution < -0.4 is 4.90 Å². The summed E-state index contributed by atoms with van der Waals surface area (Å²) in [5, 5.41) is 0. The number of aromatic nitrogens is 1. The molecule has 2 unspecified atom stereocenters. The lowest BCUT2D eigenvalue weighted by atomic mass is 10.2. The molecule has 0 spiro atoms. The van der Waals surface area contributed by atoms with Gasteiger partial charge in [0.15, 0.2) is 0 Å². The SMILES string of the molecule is CC1CN(c2ncccc2Br)CC1Br. The molecule has 2 nitrogen and oxygen atoms in total. The zero-order chi connectivity index (χ0) is 10.1. The Labute approximate surface area is 101 Å². The maximum absolute atomic E-state index is 4.39. The quantitative estimate of drug-likeness (QED) is 0.740. The van der Waals surface area contributed by atoms with E-state index in [0.717, 1.165) is 23.4 Å². The van der Waals surface area contributed by atoms with E-state index in [0.29, 0.717) is 10.7 Å². The van der Waals surface area contributed by atoms with Gasteiger partial charge in [-0.15, -0.1) is 0 Å². The Morgan fingerprint density at radius 3 is 2.86 bits per heavy atom. The molecule has 1 fully saturated rings. The zero-order valence-electron chi connectivity index (χ0n) is 7.95. The highest BCUT2D eigenvalue weighted by molar-refractivity contribution is 9.10. The van der Waals surface area contributed by atoms with Gasteiger partial charge in [0.25, 0.3) is 0 Å². The fourth-order valence-corrected chi connectivity index (χ4v) is 2.73. The summed E-state index contributed by atoms with van der Waals surface area (Å²) in [5.74, 6) is 1.74. The Bertz CT molecular complexity index is 320. The summed E-state index contributed by atoms with van der Waals surface area (Å²) in [5.41, 5.74) is 0. The van der Waals surface area contributed by atoms with Crippen molar-refractivity contribution in [2.75, 3.05) is 18.0 Å². The first-order chi connectivity index (χ1) is 6.68. The summed E-state index contributed by atoms with van der Waals surface area (Å²) in [6.07, 6.45) is 1.84. The lowest BCUT2D eigenvalue weighted by molar-refractivity contribution is 0.679. The Balaban J connectivity index is 2.21. The molecule has 14 heavy (non-hydrogen) atoms. The first-order valence-corrected chi connectivity index (χ1v) is 6.39. The van der Waals surface area contributed by atoms with Crippen molar-refractivity contribution in [1.29, 1.82) is 0 Å². The lowest BCUT2D eigenvalue weighted by Gasteiger charge is -2.17. The normalized spacial score (nSPS) is 26.9. The third-order valence-corrected chi connectivity index (χ3v) is 4.37. The summed E-state index contributed by atoms with van der Waals surface area (Å²) >= 11 is 7.21. The van der Waals surface area contributed by atoms with E-state index in [1.54, 1.807) is 0 Å². The van der Waals surface area contributed by atoms with Crippen LogP contribution in [0.25, 0.3) is 0 Å². The first kappa shape index (κ1) is 10.4. The number of nitrogens with zero attached hydrogens (tertiary/aromatic N) is 2. The van der Waals surface area contributed by atoms with Crippen molar-refractivity contribution >= 4 is 37.7 Å². The fraction of sp³-hybridized carbons (Fsp3) is 0.500. The summed E-state index contributed by atoms with van der Waals surface area (Å²) in [6.45, 7) is 4.37. The molecule has 1 aliphatic rings. The van der Waals surface area contributed by atoms with Crippen molar-refractivity contribution in [3.63, 3.8) is 0 Å². The minimum atomic E-state index is 0.580. The molecule has 2 heterocycles. The van der Waals surface area contributed by atoms with Gasteiger partial charge in [0.2, 0.25) is 0 Å². The average molecular weight is 320 g/mol. The van der Waals surface area contributed by atoms with Gasteiger partial charge in [0.05, 0.1) is 4.47 Å². The van der Waals surface area contributed by atoms with Crippen molar-refractivity contribution in [2.24, 2.45) is 5.92 Å². The van der Waals surface area contributed by atoms with Crippen LogP contribution in [0.15, 0.2) is 22.8 Å². The van der Waals surface area contributed by atoms with Crippen molar-refractivity contribution in [3.05, 3.63) is 22.8 Å². The molecule has 1 saturated heterocycles. The smallest absolute Gasteiger partial charge is 0.142 e. The third-order valence-electron chi connectivity index (χ3n) is 2.56. The summed E-state index contributed by atoms with van der Waals surface area (Å²) in [4.78, 5) is 7.28. The van der Waals surface area contributed by atoms with E-state index < -0.39 is 0 Å². The molecule has 76 valence electrons. The van der Waals surface area contributed by atoms with Crippen LogP contribution in [0.2, 0.25) is 0 Å². The van der Waals surface area contributed by atoms with Crippen molar-refractivity contribution in [1.82, 2.24) is 4.98 Å². The summed E-state index contributed by atoms with van der Waals surface area (Å²) in [6, 6.07) is 3.98. The average Bonchev–Trinajstić information content (AvgIpc) is 2.48. The molecular weight excluding hydrogens is 308 g/mol. The van der Waals surface area contributed by atoms with Gasteiger partial charge in [-0.25, -0.2) is 4.98 Å². The second-order valence-corrected chi connectivity index (χ2v) is 5.74. The van der Waals surface area contributed by atoms with E-state index in [4.69, 9.17) is 0 Å². The molecule has 4 heteroatoms. The minimum absolute atomic E-state index is 0.580. The van der Waals surface area contributed by atoms with Crippen LogP contribution in [-0.4, -0.2) is 22.9 Å². The number of anilines is 1. The van der Waals surface area contributed by atoms with Crippen molar-refractivity contribution < 1.29 is 0 Å². The topological polar surface area (TPSA) is 16.1 Å². The van der Waals surface area contributed by atoms with E-state index in [9.17, 15) is 0 Å². The van der Waals surface area contributed by atoms with E-state index in [1.165, 1.54) is 0 Å². The van der Waals surface area contributed by atoms with Gasteiger partial charge < -0.3 is 4.90 Å². The molecule has 0 amide bonds. The fourth-order valence-electron chi connectivity index (χ4n) is 1.71. The first-order valence-electron chi connectivity index (χ1n) is 4.68. The van der Waals surface area contributed by atoms with Crippen LogP contribution in [-0.2, 0) is 0 Å². The predicted molar refractivity (Wildman–Crippen MR) is 66.0 cm³/mol. The number of alkyl halides is 1. The zero-order valence-corrected chi connectivity index (χ0v) is 11.1. The largest absolute Gasteiger partial charge is 0.354 e. The second kappa shape index (κ2) is 4.19. The molecular formula is C10H12Br2N2.